The lowest BCUT2D eigenvalue weighted by atomic mass is 10.2. The summed E-state index contributed by atoms with van der Waals surface area (Å²) in [5.41, 5.74) is 1.24. The fourth-order valence-electron chi connectivity index (χ4n) is 1.72. The lowest BCUT2D eigenvalue weighted by Gasteiger charge is -2.13. The molecule has 2 rings (SSSR count). The van der Waals surface area contributed by atoms with E-state index in [1.54, 1.807) is 19.1 Å². The summed E-state index contributed by atoms with van der Waals surface area (Å²) < 4.78 is 28.9. The molecule has 0 amide bonds. The Kier molecular flexibility index (Phi) is 5.26. The second-order valence-corrected chi connectivity index (χ2v) is 8.53. The first-order valence-corrected chi connectivity index (χ1v) is 9.47. The molecule has 0 unspecified atom stereocenters. The Morgan fingerprint density at radius 1 is 1.00 bits per heavy atom. The van der Waals surface area contributed by atoms with E-state index in [-0.39, 0.29) is 14.9 Å². The van der Waals surface area contributed by atoms with Gasteiger partial charge in [0, 0.05) is 8.95 Å². The highest BCUT2D eigenvalue weighted by Gasteiger charge is 2.23. The van der Waals surface area contributed by atoms with Crippen molar-refractivity contribution in [1.82, 2.24) is 0 Å². The highest BCUT2D eigenvalue weighted by Crippen LogP contribution is 2.34. The first-order valence-electron chi connectivity index (χ1n) is 5.64. The maximum Gasteiger partial charge on any atom is 0.264 e. The Balaban J connectivity index is 2.48. The van der Waals surface area contributed by atoms with E-state index in [2.05, 4.69) is 36.6 Å². The third kappa shape index (κ3) is 3.93. The van der Waals surface area contributed by atoms with E-state index in [1.807, 2.05) is 6.07 Å². The standard InChI is InChI=1S/C13H9Br2Cl2NO2S/c1-7-4-8(14)2-3-12(7)18-21(19,20)13-10(16)5-9(15)6-11(13)17/h2-6,18H,1H3. The first-order chi connectivity index (χ1) is 9.70. The van der Waals surface area contributed by atoms with E-state index < -0.39 is 10.0 Å². The monoisotopic (exact) mass is 471 g/mol. The Hall–Kier alpha value is -0.270. The fraction of sp³-hybridized carbons (Fsp3) is 0.0769. The van der Waals surface area contributed by atoms with Crippen LogP contribution in [0, 0.1) is 6.92 Å². The molecule has 0 spiro atoms. The molecule has 0 fully saturated rings. The van der Waals surface area contributed by atoms with Crippen molar-refractivity contribution in [2.75, 3.05) is 4.72 Å². The maximum atomic E-state index is 12.5. The summed E-state index contributed by atoms with van der Waals surface area (Å²) in [6.07, 6.45) is 0. The molecule has 112 valence electrons. The summed E-state index contributed by atoms with van der Waals surface area (Å²) in [4.78, 5) is -0.142. The summed E-state index contributed by atoms with van der Waals surface area (Å²) in [5.74, 6) is 0. The molecule has 2 aromatic rings. The van der Waals surface area contributed by atoms with E-state index in [4.69, 9.17) is 23.2 Å². The van der Waals surface area contributed by atoms with Crippen LogP contribution >= 0.6 is 55.1 Å². The second-order valence-electron chi connectivity index (χ2n) is 4.26. The molecule has 0 aliphatic heterocycles. The van der Waals surface area contributed by atoms with Crippen LogP contribution in [-0.2, 0) is 10.0 Å². The van der Waals surface area contributed by atoms with Crippen LogP contribution in [0.2, 0.25) is 10.0 Å². The number of anilines is 1. The van der Waals surface area contributed by atoms with Gasteiger partial charge in [0.15, 0.2) is 0 Å². The number of benzene rings is 2. The van der Waals surface area contributed by atoms with Crippen molar-refractivity contribution in [2.45, 2.75) is 11.8 Å². The molecule has 0 saturated carbocycles. The number of halogens is 4. The molecule has 0 atom stereocenters. The molecule has 0 bridgehead atoms. The van der Waals surface area contributed by atoms with E-state index in [0.717, 1.165) is 10.0 Å². The molecule has 0 saturated heterocycles. The van der Waals surface area contributed by atoms with Gasteiger partial charge in [-0.3, -0.25) is 4.72 Å². The fourth-order valence-corrected chi connectivity index (χ4v) is 5.27. The Bertz CT molecular complexity index is 787. The van der Waals surface area contributed by atoms with Gasteiger partial charge in [-0.25, -0.2) is 8.42 Å². The number of nitrogens with one attached hydrogen (secondary N) is 1. The van der Waals surface area contributed by atoms with Crippen LogP contribution < -0.4 is 4.72 Å². The molecule has 0 aliphatic carbocycles. The predicted octanol–water partition coefficient (Wildman–Crippen LogP) is 5.63. The highest BCUT2D eigenvalue weighted by atomic mass is 79.9. The van der Waals surface area contributed by atoms with Crippen molar-refractivity contribution >= 4 is 70.8 Å². The van der Waals surface area contributed by atoms with E-state index in [9.17, 15) is 8.42 Å². The zero-order valence-electron chi connectivity index (χ0n) is 10.6. The lowest BCUT2D eigenvalue weighted by molar-refractivity contribution is 0.601. The number of sulfonamides is 1. The third-order valence-electron chi connectivity index (χ3n) is 2.66. The van der Waals surface area contributed by atoms with E-state index in [1.165, 1.54) is 12.1 Å². The minimum absolute atomic E-state index is 0.0524. The van der Waals surface area contributed by atoms with Crippen molar-refractivity contribution in [3.63, 3.8) is 0 Å². The maximum absolute atomic E-state index is 12.5. The summed E-state index contributed by atoms with van der Waals surface area (Å²) in [5, 5.41) is 0.105. The largest absolute Gasteiger partial charge is 0.279 e. The van der Waals surface area contributed by atoms with Crippen LogP contribution in [0.15, 0.2) is 44.2 Å². The Labute approximate surface area is 150 Å². The van der Waals surface area contributed by atoms with Crippen molar-refractivity contribution in [3.05, 3.63) is 54.9 Å². The zero-order valence-corrected chi connectivity index (χ0v) is 16.1. The molecule has 21 heavy (non-hydrogen) atoms. The van der Waals surface area contributed by atoms with E-state index >= 15 is 0 Å². The molecule has 0 heterocycles. The molecule has 0 aromatic heterocycles. The van der Waals surface area contributed by atoms with Crippen LogP contribution in [0.3, 0.4) is 0 Å². The van der Waals surface area contributed by atoms with Crippen LogP contribution in [0.1, 0.15) is 5.56 Å². The first kappa shape index (κ1) is 17.1. The van der Waals surface area contributed by atoms with Crippen LogP contribution in [0.4, 0.5) is 5.69 Å². The Morgan fingerprint density at radius 3 is 2.10 bits per heavy atom. The normalized spacial score (nSPS) is 11.5. The molecule has 0 aliphatic rings. The minimum atomic E-state index is -3.88. The summed E-state index contributed by atoms with van der Waals surface area (Å²) in [6, 6.07) is 8.18. The van der Waals surface area contributed by atoms with Crippen LogP contribution in [0.25, 0.3) is 0 Å². The molecular weight excluding hydrogens is 465 g/mol. The van der Waals surface area contributed by atoms with Gasteiger partial charge in [0.25, 0.3) is 10.0 Å². The molecule has 8 heteroatoms. The SMILES string of the molecule is Cc1cc(Br)ccc1NS(=O)(=O)c1c(Cl)cc(Br)cc1Cl. The topological polar surface area (TPSA) is 46.2 Å². The second kappa shape index (κ2) is 6.46. The van der Waals surface area contributed by atoms with Crippen molar-refractivity contribution < 1.29 is 8.42 Å². The van der Waals surface area contributed by atoms with Crippen LogP contribution in [-0.4, -0.2) is 8.42 Å². The third-order valence-corrected chi connectivity index (χ3v) is 5.90. The highest BCUT2D eigenvalue weighted by molar-refractivity contribution is 9.10. The molecule has 0 radical (unpaired) electrons. The van der Waals surface area contributed by atoms with Gasteiger partial charge < -0.3 is 0 Å². The van der Waals surface area contributed by atoms with Gasteiger partial charge in [-0.1, -0.05) is 55.1 Å². The lowest BCUT2D eigenvalue weighted by Crippen LogP contribution is -2.15. The number of hydrogen-bond donors (Lipinski definition) is 1. The molecular formula is C13H9Br2Cl2NO2S. The smallest absolute Gasteiger partial charge is 0.264 e. The van der Waals surface area contributed by atoms with Gasteiger partial charge in [0.1, 0.15) is 4.90 Å². The van der Waals surface area contributed by atoms with Crippen LogP contribution in [0.5, 0.6) is 0 Å². The number of aryl methyl sites for hydroxylation is 1. The van der Waals surface area contributed by atoms with Gasteiger partial charge in [-0.05, 0) is 42.8 Å². The van der Waals surface area contributed by atoms with Gasteiger partial charge >= 0.3 is 0 Å². The summed E-state index contributed by atoms with van der Waals surface area (Å²) >= 11 is 18.6. The minimum Gasteiger partial charge on any atom is -0.279 e. The average molecular weight is 474 g/mol. The number of rotatable bonds is 3. The van der Waals surface area contributed by atoms with Crippen molar-refractivity contribution in [1.29, 1.82) is 0 Å². The van der Waals surface area contributed by atoms with E-state index in [0.29, 0.717) is 10.2 Å². The van der Waals surface area contributed by atoms with Crippen molar-refractivity contribution in [2.24, 2.45) is 0 Å². The summed E-state index contributed by atoms with van der Waals surface area (Å²) in [7, 11) is -3.88. The molecule has 2 aromatic carbocycles. The molecule has 1 N–H and O–H groups in total. The number of hydrogen-bond acceptors (Lipinski definition) is 2. The van der Waals surface area contributed by atoms with Crippen molar-refractivity contribution in [3.8, 4) is 0 Å². The van der Waals surface area contributed by atoms with Gasteiger partial charge in [0.2, 0.25) is 0 Å². The van der Waals surface area contributed by atoms with Gasteiger partial charge in [0.05, 0.1) is 15.7 Å². The summed E-state index contributed by atoms with van der Waals surface area (Å²) in [6.45, 7) is 1.80. The van der Waals surface area contributed by atoms with Gasteiger partial charge in [-0.2, -0.15) is 0 Å². The zero-order chi connectivity index (χ0) is 15.8. The predicted molar refractivity (Wildman–Crippen MR) is 93.8 cm³/mol. The quantitative estimate of drug-likeness (QED) is 0.628. The average Bonchev–Trinajstić information content (AvgIpc) is 2.30. The molecule has 3 nitrogen and oxygen atoms in total. The van der Waals surface area contributed by atoms with Gasteiger partial charge in [-0.15, -0.1) is 0 Å². The Morgan fingerprint density at radius 2 is 1.57 bits per heavy atom.